The highest BCUT2D eigenvalue weighted by molar-refractivity contribution is 5.85. The molecule has 2 aliphatic rings. The number of rotatable bonds is 10. The zero-order valence-electron chi connectivity index (χ0n) is 16.7. The molecule has 7 heteroatoms. The Balaban J connectivity index is 1.69. The number of hydrogen-bond donors (Lipinski definition) is 3. The van der Waals surface area contributed by atoms with E-state index in [-0.39, 0.29) is 37.0 Å². The molecule has 2 aliphatic carbocycles. The molecule has 3 N–H and O–H groups in total. The second-order valence-corrected chi connectivity index (χ2v) is 8.05. The minimum Gasteiger partial charge on any atom is -0.480 e. The largest absolute Gasteiger partial charge is 0.480 e. The second kappa shape index (κ2) is 11.8. The van der Waals surface area contributed by atoms with E-state index in [1.807, 2.05) is 0 Å². The van der Waals surface area contributed by atoms with Crippen molar-refractivity contribution in [2.75, 3.05) is 13.2 Å². The molecular weight excluding hydrogens is 360 g/mol. The van der Waals surface area contributed by atoms with Gasteiger partial charge in [-0.05, 0) is 44.4 Å². The lowest BCUT2D eigenvalue weighted by Gasteiger charge is -2.30. The van der Waals surface area contributed by atoms with Crippen LogP contribution in [0.1, 0.15) is 64.2 Å². The highest BCUT2D eigenvalue weighted by Gasteiger charge is 2.30. The number of hydrogen-bond acceptors (Lipinski definition) is 4. The summed E-state index contributed by atoms with van der Waals surface area (Å²) in [6.45, 7) is 3.66. The van der Waals surface area contributed by atoms with Crippen LogP contribution in [0.5, 0.6) is 0 Å². The molecule has 0 aromatic heterocycles. The van der Waals surface area contributed by atoms with Crippen LogP contribution in [0.2, 0.25) is 0 Å². The first-order valence-corrected chi connectivity index (χ1v) is 10.5. The van der Waals surface area contributed by atoms with Gasteiger partial charge in [0.2, 0.25) is 11.8 Å². The standard InChI is InChI=1S/C21H34N2O5/c1-2-12-28-14-18(21(26)27)23-20(25)16-8-10-17(11-9-16)22-19(24)13-15-6-4-3-5-7-15/h2,15-18H,1,3-14H2,(H,22,24)(H,23,25)(H,26,27). The third-order valence-electron chi connectivity index (χ3n) is 5.80. The SMILES string of the molecule is C=CCOCC(NC(=O)C1CCC(NC(=O)CC2CCCCC2)CC1)C(=O)O. The molecule has 0 aliphatic heterocycles. The minimum absolute atomic E-state index is 0.0837. The van der Waals surface area contributed by atoms with E-state index in [0.29, 0.717) is 25.2 Å². The van der Waals surface area contributed by atoms with Crippen molar-refractivity contribution in [3.05, 3.63) is 12.7 Å². The number of amides is 2. The van der Waals surface area contributed by atoms with Crippen LogP contribution in [0.25, 0.3) is 0 Å². The summed E-state index contributed by atoms with van der Waals surface area (Å²) in [5.41, 5.74) is 0. The summed E-state index contributed by atoms with van der Waals surface area (Å²) in [6.07, 6.45) is 11.0. The van der Waals surface area contributed by atoms with Crippen LogP contribution in [0.3, 0.4) is 0 Å². The summed E-state index contributed by atoms with van der Waals surface area (Å²) < 4.78 is 5.16. The molecule has 7 nitrogen and oxygen atoms in total. The maximum atomic E-state index is 12.4. The van der Waals surface area contributed by atoms with Gasteiger partial charge >= 0.3 is 5.97 Å². The molecule has 0 radical (unpaired) electrons. The fourth-order valence-corrected chi connectivity index (χ4v) is 4.17. The highest BCUT2D eigenvalue weighted by atomic mass is 16.5. The zero-order valence-corrected chi connectivity index (χ0v) is 16.7. The molecule has 2 rings (SSSR count). The van der Waals surface area contributed by atoms with E-state index in [2.05, 4.69) is 17.2 Å². The van der Waals surface area contributed by atoms with Crippen LogP contribution in [-0.2, 0) is 19.1 Å². The van der Waals surface area contributed by atoms with E-state index < -0.39 is 12.0 Å². The van der Waals surface area contributed by atoms with Crippen molar-refractivity contribution < 1.29 is 24.2 Å². The van der Waals surface area contributed by atoms with E-state index in [1.54, 1.807) is 0 Å². The van der Waals surface area contributed by atoms with Crippen molar-refractivity contribution in [2.24, 2.45) is 11.8 Å². The second-order valence-electron chi connectivity index (χ2n) is 8.05. The number of carboxylic acid groups (broad SMARTS) is 1. The molecule has 2 saturated carbocycles. The van der Waals surface area contributed by atoms with Crippen LogP contribution < -0.4 is 10.6 Å². The minimum atomic E-state index is -1.11. The van der Waals surface area contributed by atoms with Gasteiger partial charge in [0.1, 0.15) is 0 Å². The summed E-state index contributed by atoms with van der Waals surface area (Å²) in [5, 5.41) is 14.9. The first kappa shape index (κ1) is 22.4. The smallest absolute Gasteiger partial charge is 0.328 e. The van der Waals surface area contributed by atoms with Gasteiger partial charge in [-0.25, -0.2) is 4.79 Å². The molecule has 2 fully saturated rings. The van der Waals surface area contributed by atoms with Gasteiger partial charge in [0.05, 0.1) is 13.2 Å². The Hall–Kier alpha value is -1.89. The maximum absolute atomic E-state index is 12.4. The van der Waals surface area contributed by atoms with Gasteiger partial charge in [-0.3, -0.25) is 9.59 Å². The summed E-state index contributed by atoms with van der Waals surface area (Å²) in [4.78, 5) is 35.9. The molecule has 158 valence electrons. The fourth-order valence-electron chi connectivity index (χ4n) is 4.17. The van der Waals surface area contributed by atoms with Gasteiger partial charge in [-0.15, -0.1) is 6.58 Å². The molecular formula is C21H34N2O5. The average Bonchev–Trinajstić information content (AvgIpc) is 2.68. The molecule has 0 aromatic rings. The zero-order chi connectivity index (χ0) is 20.4. The van der Waals surface area contributed by atoms with E-state index >= 15 is 0 Å². The lowest BCUT2D eigenvalue weighted by atomic mass is 9.84. The van der Waals surface area contributed by atoms with Crippen LogP contribution in [0, 0.1) is 11.8 Å². The van der Waals surface area contributed by atoms with Gasteiger partial charge in [0.25, 0.3) is 0 Å². The predicted molar refractivity (Wildman–Crippen MR) is 106 cm³/mol. The topological polar surface area (TPSA) is 105 Å². The molecule has 1 unspecified atom stereocenters. The van der Waals surface area contributed by atoms with Crippen molar-refractivity contribution in [1.82, 2.24) is 10.6 Å². The van der Waals surface area contributed by atoms with Crippen LogP contribution in [0.4, 0.5) is 0 Å². The van der Waals surface area contributed by atoms with E-state index in [0.717, 1.165) is 25.7 Å². The predicted octanol–water partition coefficient (Wildman–Crippen LogP) is 2.40. The van der Waals surface area contributed by atoms with Gasteiger partial charge in [0, 0.05) is 18.4 Å². The third kappa shape index (κ3) is 7.62. The molecule has 0 saturated heterocycles. The first-order chi connectivity index (χ1) is 13.5. The number of nitrogens with one attached hydrogen (secondary N) is 2. The Kier molecular flexibility index (Phi) is 9.47. The number of carboxylic acids is 1. The van der Waals surface area contributed by atoms with Crippen molar-refractivity contribution in [2.45, 2.75) is 76.3 Å². The van der Waals surface area contributed by atoms with Crippen molar-refractivity contribution in [1.29, 1.82) is 0 Å². The van der Waals surface area contributed by atoms with E-state index in [4.69, 9.17) is 4.74 Å². The molecule has 1 atom stereocenters. The first-order valence-electron chi connectivity index (χ1n) is 10.5. The third-order valence-corrected chi connectivity index (χ3v) is 5.80. The molecule has 0 bridgehead atoms. The summed E-state index contributed by atoms with van der Waals surface area (Å²) in [5.74, 6) is -0.923. The van der Waals surface area contributed by atoms with Gasteiger partial charge < -0.3 is 20.5 Å². The highest BCUT2D eigenvalue weighted by Crippen LogP contribution is 2.27. The lowest BCUT2D eigenvalue weighted by molar-refractivity contribution is -0.144. The Labute approximate surface area is 167 Å². The van der Waals surface area contributed by atoms with Gasteiger partial charge in [0.15, 0.2) is 6.04 Å². The maximum Gasteiger partial charge on any atom is 0.328 e. The average molecular weight is 395 g/mol. The Morgan fingerprint density at radius 2 is 1.75 bits per heavy atom. The summed E-state index contributed by atoms with van der Waals surface area (Å²) in [7, 11) is 0. The molecule has 2 amide bonds. The summed E-state index contributed by atoms with van der Waals surface area (Å²) >= 11 is 0. The number of ether oxygens (including phenoxy) is 1. The van der Waals surface area contributed by atoms with Crippen LogP contribution in [-0.4, -0.2) is 48.2 Å². The normalized spacial score (nSPS) is 24.1. The quantitative estimate of drug-likeness (QED) is 0.390. The van der Waals surface area contributed by atoms with Gasteiger partial charge in [-0.2, -0.15) is 0 Å². The van der Waals surface area contributed by atoms with E-state index in [1.165, 1.54) is 25.3 Å². The molecule has 0 heterocycles. The lowest BCUT2D eigenvalue weighted by Crippen LogP contribution is -2.48. The van der Waals surface area contributed by atoms with Crippen LogP contribution >= 0.6 is 0 Å². The Bertz CT molecular complexity index is 537. The number of carbonyl (C=O) groups is 3. The summed E-state index contributed by atoms with van der Waals surface area (Å²) in [6, 6.07) is -0.938. The Morgan fingerprint density at radius 1 is 1.07 bits per heavy atom. The van der Waals surface area contributed by atoms with Crippen molar-refractivity contribution in [3.63, 3.8) is 0 Å². The van der Waals surface area contributed by atoms with E-state index in [9.17, 15) is 19.5 Å². The van der Waals surface area contributed by atoms with Crippen LogP contribution in [0.15, 0.2) is 12.7 Å². The van der Waals surface area contributed by atoms with Crippen molar-refractivity contribution in [3.8, 4) is 0 Å². The molecule has 28 heavy (non-hydrogen) atoms. The number of carbonyl (C=O) groups excluding carboxylic acids is 2. The molecule has 0 aromatic carbocycles. The fraction of sp³-hybridized carbons (Fsp3) is 0.762. The molecule has 0 spiro atoms. The number of aliphatic carboxylic acids is 1. The Morgan fingerprint density at radius 3 is 2.36 bits per heavy atom. The van der Waals surface area contributed by atoms with Crippen molar-refractivity contribution >= 4 is 17.8 Å². The monoisotopic (exact) mass is 394 g/mol. The van der Waals surface area contributed by atoms with Gasteiger partial charge in [-0.1, -0.05) is 25.3 Å².